The van der Waals surface area contributed by atoms with Crippen molar-refractivity contribution in [1.29, 1.82) is 0 Å². The van der Waals surface area contributed by atoms with Crippen molar-refractivity contribution < 1.29 is 13.2 Å². The number of allylic oxidation sites excluding steroid dienone is 2. The second-order valence-corrected chi connectivity index (χ2v) is 10.1. The maximum Gasteiger partial charge on any atom is 0.239 e. The van der Waals surface area contributed by atoms with E-state index in [-0.39, 0.29) is 34.4 Å². The van der Waals surface area contributed by atoms with Crippen molar-refractivity contribution >= 4 is 15.9 Å². The molecule has 0 N–H and O–H groups in total. The highest BCUT2D eigenvalue weighted by molar-refractivity contribution is 7.90. The zero-order valence-electron chi connectivity index (χ0n) is 13.4. The van der Waals surface area contributed by atoms with Crippen LogP contribution in [0.3, 0.4) is 0 Å². The SMILES string of the molecule is CC1(C)[C@H]2CC[C@@]13CS(=O)(=O)N([14C](=O)[14C@@H]1CC=CCC1)[C@H]3C2. The van der Waals surface area contributed by atoms with E-state index in [0.29, 0.717) is 12.3 Å². The monoisotopic (exact) mass is 327 g/mol. The molecule has 1 amide bonds. The van der Waals surface area contributed by atoms with Gasteiger partial charge in [0.1, 0.15) is 0 Å². The maximum absolute atomic E-state index is 13.0. The summed E-state index contributed by atoms with van der Waals surface area (Å²) in [6.07, 6.45) is 9.43. The molecular weight excluding hydrogens is 302 g/mol. The number of rotatable bonds is 1. The number of amides is 1. The highest BCUT2D eigenvalue weighted by Gasteiger charge is 2.72. The van der Waals surface area contributed by atoms with Crippen LogP contribution in [0.25, 0.3) is 0 Å². The number of hydrogen-bond donors (Lipinski definition) is 0. The van der Waals surface area contributed by atoms with E-state index in [1.165, 1.54) is 4.31 Å². The fourth-order valence-electron chi connectivity index (χ4n) is 5.78. The van der Waals surface area contributed by atoms with Crippen LogP contribution in [0, 0.1) is 22.7 Å². The average molecular weight is 327 g/mol. The van der Waals surface area contributed by atoms with Gasteiger partial charge in [-0.25, -0.2) is 12.7 Å². The van der Waals surface area contributed by atoms with Gasteiger partial charge in [-0.2, -0.15) is 0 Å². The third kappa shape index (κ3) is 1.64. The van der Waals surface area contributed by atoms with E-state index in [9.17, 15) is 13.2 Å². The van der Waals surface area contributed by atoms with E-state index in [0.717, 1.165) is 32.1 Å². The Labute approximate surface area is 133 Å². The first-order valence-corrected chi connectivity index (χ1v) is 10.1. The molecular formula is C17H25NO3S. The molecule has 22 heavy (non-hydrogen) atoms. The largest absolute Gasteiger partial charge is 0.273 e. The first kappa shape index (κ1) is 14.7. The summed E-state index contributed by atoms with van der Waals surface area (Å²) in [5, 5.41) is 0. The van der Waals surface area contributed by atoms with E-state index in [2.05, 4.69) is 19.9 Å². The second kappa shape index (κ2) is 4.37. The van der Waals surface area contributed by atoms with Crippen molar-refractivity contribution in [3.05, 3.63) is 12.2 Å². The minimum atomic E-state index is -3.45. The Bertz CT molecular complexity index is 651. The molecule has 122 valence electrons. The molecule has 4 rings (SSSR count). The van der Waals surface area contributed by atoms with E-state index in [4.69, 9.17) is 0 Å². The van der Waals surface area contributed by atoms with Crippen molar-refractivity contribution in [3.8, 4) is 0 Å². The Balaban J connectivity index is 1.72. The Hall–Kier alpha value is -0.840. The lowest BCUT2D eigenvalue weighted by atomic mass is 9.69. The van der Waals surface area contributed by atoms with Gasteiger partial charge in [0.25, 0.3) is 0 Å². The maximum atomic E-state index is 13.0. The highest BCUT2D eigenvalue weighted by Crippen LogP contribution is 2.70. The Morgan fingerprint density at radius 3 is 2.73 bits per heavy atom. The summed E-state index contributed by atoms with van der Waals surface area (Å²) in [5.41, 5.74) is -0.164. The summed E-state index contributed by atoms with van der Waals surface area (Å²) in [4.78, 5) is 13.0. The quantitative estimate of drug-likeness (QED) is 0.696. The van der Waals surface area contributed by atoms with Crippen LogP contribution >= 0.6 is 0 Å². The Morgan fingerprint density at radius 1 is 1.32 bits per heavy atom. The lowest BCUT2D eigenvalue weighted by molar-refractivity contribution is -0.133. The van der Waals surface area contributed by atoms with Gasteiger partial charge in [-0.1, -0.05) is 26.0 Å². The zero-order valence-corrected chi connectivity index (χ0v) is 14.2. The molecule has 4 aliphatic rings. The van der Waals surface area contributed by atoms with Crippen LogP contribution in [0.5, 0.6) is 0 Å². The number of hydrogen-bond acceptors (Lipinski definition) is 3. The fourth-order valence-corrected chi connectivity index (χ4v) is 8.37. The van der Waals surface area contributed by atoms with Crippen molar-refractivity contribution in [2.45, 2.75) is 58.4 Å². The Kier molecular flexibility index (Phi) is 2.93. The van der Waals surface area contributed by atoms with Crippen LogP contribution in [-0.4, -0.2) is 30.4 Å². The number of carbonyl (C=O) groups excluding carboxylic acids is 1. The minimum Gasteiger partial charge on any atom is -0.273 e. The summed E-state index contributed by atoms with van der Waals surface area (Å²) in [7, 11) is -3.45. The molecule has 1 aliphatic heterocycles. The van der Waals surface area contributed by atoms with Gasteiger partial charge < -0.3 is 0 Å². The molecule has 2 saturated carbocycles. The Morgan fingerprint density at radius 2 is 2.09 bits per heavy atom. The molecule has 4 nitrogen and oxygen atoms in total. The van der Waals surface area contributed by atoms with Gasteiger partial charge in [-0.3, -0.25) is 4.79 Å². The number of fused-ring (bicyclic) bond motifs is 1. The molecule has 0 aromatic rings. The van der Waals surface area contributed by atoms with Gasteiger partial charge in [-0.15, -0.1) is 0 Å². The minimum absolute atomic E-state index is 0.0340. The summed E-state index contributed by atoms with van der Waals surface area (Å²) >= 11 is 0. The zero-order chi connectivity index (χ0) is 15.8. The van der Waals surface area contributed by atoms with Crippen LogP contribution in [0.4, 0.5) is 0 Å². The van der Waals surface area contributed by atoms with Gasteiger partial charge in [0, 0.05) is 11.3 Å². The first-order chi connectivity index (χ1) is 10.3. The number of nitrogens with zero attached hydrogens (tertiary/aromatic N) is 1. The van der Waals surface area contributed by atoms with Crippen LogP contribution in [0.15, 0.2) is 12.2 Å². The molecule has 0 aromatic heterocycles. The lowest BCUT2D eigenvalue weighted by Gasteiger charge is -2.37. The van der Waals surface area contributed by atoms with Gasteiger partial charge in [-0.05, 0) is 49.9 Å². The molecule has 3 aliphatic carbocycles. The van der Waals surface area contributed by atoms with Crippen LogP contribution in [0.2, 0.25) is 0 Å². The summed E-state index contributed by atoms with van der Waals surface area (Å²) in [5.74, 6) is 0.476. The standard InChI is InChI=1S/C17H25NO3S/c1-16(2)13-8-9-17(16)11-22(20,21)18(14(17)10-13)15(19)12-6-4-3-5-7-12/h3-4,12-14H,5-11H2,1-2H3/t12-,13+,14+,17+/m1/s1/i12+2,15+2. The lowest BCUT2D eigenvalue weighted by Crippen LogP contribution is -2.46. The van der Waals surface area contributed by atoms with Crippen LogP contribution in [-0.2, 0) is 14.8 Å². The smallest absolute Gasteiger partial charge is 0.239 e. The normalized spacial score (nSPS) is 44.3. The van der Waals surface area contributed by atoms with Crippen molar-refractivity contribution in [2.75, 3.05) is 5.75 Å². The van der Waals surface area contributed by atoms with Gasteiger partial charge in [0.15, 0.2) is 0 Å². The molecule has 3 fully saturated rings. The van der Waals surface area contributed by atoms with Crippen molar-refractivity contribution in [2.24, 2.45) is 22.7 Å². The third-order valence-corrected chi connectivity index (χ3v) is 9.16. The van der Waals surface area contributed by atoms with Gasteiger partial charge >= 0.3 is 0 Å². The van der Waals surface area contributed by atoms with E-state index >= 15 is 0 Å². The molecule has 5 heteroatoms. The topological polar surface area (TPSA) is 54.5 Å². The molecule has 4 atom stereocenters. The van der Waals surface area contributed by atoms with Gasteiger partial charge in [0.05, 0.1) is 11.8 Å². The summed E-state index contributed by atoms with van der Waals surface area (Å²) in [6.45, 7) is 4.44. The molecule has 0 radical (unpaired) electrons. The van der Waals surface area contributed by atoms with E-state index < -0.39 is 10.0 Å². The van der Waals surface area contributed by atoms with Gasteiger partial charge in [0.2, 0.25) is 15.9 Å². The predicted octanol–water partition coefficient (Wildman–Crippen LogP) is 2.71. The van der Waals surface area contributed by atoms with Crippen LogP contribution < -0.4 is 0 Å². The second-order valence-electron chi connectivity index (χ2n) is 8.24. The number of carbonyl (C=O) groups is 1. The van der Waals surface area contributed by atoms with E-state index in [1.807, 2.05) is 6.08 Å². The number of sulfonamides is 1. The summed E-state index contributed by atoms with van der Waals surface area (Å²) < 4.78 is 27.0. The van der Waals surface area contributed by atoms with Crippen molar-refractivity contribution in [1.82, 2.24) is 4.31 Å². The molecule has 1 spiro atoms. The fraction of sp³-hybridized carbons (Fsp3) is 0.824. The first-order valence-electron chi connectivity index (χ1n) is 8.50. The summed E-state index contributed by atoms with van der Waals surface area (Å²) in [6, 6.07) is -0.0790. The van der Waals surface area contributed by atoms with Crippen molar-refractivity contribution in [3.63, 3.8) is 0 Å². The van der Waals surface area contributed by atoms with E-state index in [1.54, 1.807) is 0 Å². The molecule has 0 aromatic carbocycles. The highest BCUT2D eigenvalue weighted by atomic mass is 32.2. The molecule has 1 heterocycles. The molecule has 0 unspecified atom stereocenters. The predicted molar refractivity (Wildman–Crippen MR) is 84.5 cm³/mol. The molecule has 1 saturated heterocycles. The van der Waals surface area contributed by atoms with Crippen LogP contribution in [0.1, 0.15) is 52.4 Å². The molecule has 2 bridgehead atoms. The third-order valence-electron chi connectivity index (χ3n) is 7.25. The average Bonchev–Trinajstić information content (AvgIpc) is 2.94.